The van der Waals surface area contributed by atoms with Gasteiger partial charge in [0.25, 0.3) is 0 Å². The van der Waals surface area contributed by atoms with Crippen molar-refractivity contribution in [1.82, 2.24) is 4.90 Å². The molecular weight excluding hydrogens is 218 g/mol. The second kappa shape index (κ2) is 5.07. The van der Waals surface area contributed by atoms with E-state index in [0.29, 0.717) is 0 Å². The molecule has 2 aliphatic rings. The Labute approximate surface area is 102 Å². The van der Waals surface area contributed by atoms with Gasteiger partial charge >= 0.3 is 5.97 Å². The predicted octanol–water partition coefficient (Wildman–Crippen LogP) is 2.03. The molecule has 1 N–H and O–H groups in total. The van der Waals surface area contributed by atoms with Gasteiger partial charge in [-0.3, -0.25) is 4.79 Å². The lowest BCUT2D eigenvalue weighted by atomic mass is 9.83. The summed E-state index contributed by atoms with van der Waals surface area (Å²) in [6.45, 7) is 1.50. The van der Waals surface area contributed by atoms with Gasteiger partial charge in [-0.15, -0.1) is 0 Å². The maximum Gasteiger partial charge on any atom is 0.326 e. The van der Waals surface area contributed by atoms with Gasteiger partial charge in [-0.25, -0.2) is 4.79 Å². The molecule has 0 aromatic carbocycles. The Bertz CT molecular complexity index is 306. The van der Waals surface area contributed by atoms with Crippen molar-refractivity contribution in [3.05, 3.63) is 0 Å². The summed E-state index contributed by atoms with van der Waals surface area (Å²) in [6, 6.07) is -0.393. The number of aliphatic carboxylic acids is 1. The second-order valence-electron chi connectivity index (χ2n) is 5.34. The van der Waals surface area contributed by atoms with E-state index in [9.17, 15) is 14.7 Å². The Morgan fingerprint density at radius 1 is 1.12 bits per heavy atom. The van der Waals surface area contributed by atoms with Crippen molar-refractivity contribution < 1.29 is 14.7 Å². The van der Waals surface area contributed by atoms with Crippen molar-refractivity contribution >= 4 is 11.9 Å². The standard InChI is InChI=1S/C13H21NO3/c1-9(15)14(11-7-8-11)12(13(16)17)10-5-3-2-4-6-10/h10-12H,2-8H2,1H3,(H,16,17). The number of carboxylic acids is 1. The number of nitrogens with zero attached hydrogens (tertiary/aromatic N) is 1. The Hall–Kier alpha value is -1.06. The van der Waals surface area contributed by atoms with Gasteiger partial charge in [0.1, 0.15) is 6.04 Å². The lowest BCUT2D eigenvalue weighted by Gasteiger charge is -2.35. The van der Waals surface area contributed by atoms with E-state index in [-0.39, 0.29) is 17.9 Å². The zero-order chi connectivity index (χ0) is 12.4. The molecule has 1 atom stereocenters. The molecule has 96 valence electrons. The fourth-order valence-corrected chi connectivity index (χ4v) is 3.03. The zero-order valence-electron chi connectivity index (χ0n) is 10.4. The molecule has 0 heterocycles. The first-order chi connectivity index (χ1) is 8.11. The Balaban J connectivity index is 2.13. The van der Waals surface area contributed by atoms with Gasteiger partial charge in [-0.2, -0.15) is 0 Å². The third-order valence-electron chi connectivity index (χ3n) is 3.95. The molecule has 0 aromatic heterocycles. The Morgan fingerprint density at radius 3 is 2.12 bits per heavy atom. The van der Waals surface area contributed by atoms with E-state index in [0.717, 1.165) is 38.5 Å². The quantitative estimate of drug-likeness (QED) is 0.816. The average molecular weight is 239 g/mol. The Morgan fingerprint density at radius 2 is 1.71 bits per heavy atom. The fraction of sp³-hybridized carbons (Fsp3) is 0.846. The summed E-state index contributed by atoms with van der Waals surface area (Å²) in [5, 5.41) is 9.43. The predicted molar refractivity (Wildman–Crippen MR) is 63.5 cm³/mol. The molecule has 2 saturated carbocycles. The molecule has 2 rings (SSSR count). The molecular formula is C13H21NO3. The second-order valence-corrected chi connectivity index (χ2v) is 5.34. The monoisotopic (exact) mass is 239 g/mol. The highest BCUT2D eigenvalue weighted by Gasteiger charge is 2.42. The van der Waals surface area contributed by atoms with Crippen LogP contribution in [0.4, 0.5) is 0 Å². The smallest absolute Gasteiger partial charge is 0.326 e. The van der Waals surface area contributed by atoms with Crippen molar-refractivity contribution in [3.8, 4) is 0 Å². The largest absolute Gasteiger partial charge is 0.480 e. The minimum absolute atomic E-state index is 0.0783. The van der Waals surface area contributed by atoms with E-state index < -0.39 is 12.0 Å². The summed E-state index contributed by atoms with van der Waals surface area (Å²) >= 11 is 0. The number of hydrogen-bond acceptors (Lipinski definition) is 2. The minimum Gasteiger partial charge on any atom is -0.480 e. The van der Waals surface area contributed by atoms with E-state index in [4.69, 9.17) is 0 Å². The number of rotatable bonds is 4. The van der Waals surface area contributed by atoms with Crippen LogP contribution < -0.4 is 0 Å². The lowest BCUT2D eigenvalue weighted by molar-refractivity contribution is -0.153. The fourth-order valence-electron chi connectivity index (χ4n) is 3.03. The van der Waals surface area contributed by atoms with Crippen LogP contribution in [0.3, 0.4) is 0 Å². The molecule has 0 spiro atoms. The summed E-state index contributed by atoms with van der Waals surface area (Å²) in [4.78, 5) is 24.8. The molecule has 0 radical (unpaired) electrons. The minimum atomic E-state index is -0.820. The van der Waals surface area contributed by atoms with Crippen LogP contribution in [0, 0.1) is 5.92 Å². The lowest BCUT2D eigenvalue weighted by Crippen LogP contribution is -2.50. The van der Waals surface area contributed by atoms with Crippen LogP contribution in [0.1, 0.15) is 51.9 Å². The van der Waals surface area contributed by atoms with Crippen molar-refractivity contribution in [1.29, 1.82) is 0 Å². The number of carbonyl (C=O) groups is 2. The van der Waals surface area contributed by atoms with Gasteiger partial charge in [0.2, 0.25) is 5.91 Å². The van der Waals surface area contributed by atoms with Gasteiger partial charge in [0.15, 0.2) is 0 Å². The van der Waals surface area contributed by atoms with E-state index in [1.165, 1.54) is 13.3 Å². The van der Waals surface area contributed by atoms with Crippen LogP contribution in [-0.2, 0) is 9.59 Å². The summed E-state index contributed by atoms with van der Waals surface area (Å²) in [7, 11) is 0. The van der Waals surface area contributed by atoms with Gasteiger partial charge < -0.3 is 10.0 Å². The topological polar surface area (TPSA) is 57.6 Å². The molecule has 0 bridgehead atoms. The van der Waals surface area contributed by atoms with Crippen molar-refractivity contribution in [2.45, 2.75) is 64.0 Å². The molecule has 2 fully saturated rings. The molecule has 4 heteroatoms. The van der Waals surface area contributed by atoms with Crippen LogP contribution in [0.2, 0.25) is 0 Å². The van der Waals surface area contributed by atoms with Gasteiger partial charge in [-0.05, 0) is 31.6 Å². The molecule has 1 unspecified atom stereocenters. The van der Waals surface area contributed by atoms with E-state index in [1.807, 2.05) is 0 Å². The van der Waals surface area contributed by atoms with Crippen LogP contribution in [-0.4, -0.2) is 34.0 Å². The number of amides is 1. The van der Waals surface area contributed by atoms with Crippen LogP contribution >= 0.6 is 0 Å². The first-order valence-corrected chi connectivity index (χ1v) is 6.63. The summed E-state index contributed by atoms with van der Waals surface area (Å²) < 4.78 is 0. The molecule has 1 amide bonds. The highest BCUT2D eigenvalue weighted by atomic mass is 16.4. The van der Waals surface area contributed by atoms with E-state index in [1.54, 1.807) is 4.90 Å². The van der Waals surface area contributed by atoms with Crippen LogP contribution in [0.15, 0.2) is 0 Å². The molecule has 2 aliphatic carbocycles. The van der Waals surface area contributed by atoms with Crippen LogP contribution in [0.25, 0.3) is 0 Å². The highest BCUT2D eigenvalue weighted by molar-refractivity contribution is 5.83. The normalized spacial score (nSPS) is 23.1. The first-order valence-electron chi connectivity index (χ1n) is 6.63. The summed E-state index contributed by atoms with van der Waals surface area (Å²) in [6.07, 6.45) is 7.25. The Kier molecular flexibility index (Phi) is 3.69. The first kappa shape index (κ1) is 12.4. The van der Waals surface area contributed by atoms with Gasteiger partial charge in [-0.1, -0.05) is 19.3 Å². The van der Waals surface area contributed by atoms with E-state index >= 15 is 0 Å². The number of carbonyl (C=O) groups excluding carboxylic acids is 1. The molecule has 0 aliphatic heterocycles. The third-order valence-corrected chi connectivity index (χ3v) is 3.95. The SMILES string of the molecule is CC(=O)N(C1CC1)C(C(=O)O)C1CCCCC1. The van der Waals surface area contributed by atoms with Crippen molar-refractivity contribution in [2.24, 2.45) is 5.92 Å². The number of carboxylic acid groups (broad SMARTS) is 1. The third kappa shape index (κ3) is 2.79. The number of hydrogen-bond donors (Lipinski definition) is 1. The molecule has 4 nitrogen and oxygen atoms in total. The molecule has 17 heavy (non-hydrogen) atoms. The van der Waals surface area contributed by atoms with Crippen molar-refractivity contribution in [3.63, 3.8) is 0 Å². The summed E-state index contributed by atoms with van der Waals surface area (Å²) in [5.74, 6) is -0.741. The van der Waals surface area contributed by atoms with Crippen molar-refractivity contribution in [2.75, 3.05) is 0 Å². The van der Waals surface area contributed by atoms with Gasteiger partial charge in [0, 0.05) is 13.0 Å². The zero-order valence-corrected chi connectivity index (χ0v) is 10.4. The molecule has 0 saturated heterocycles. The average Bonchev–Trinajstić information content (AvgIpc) is 3.09. The maximum absolute atomic E-state index is 11.7. The summed E-state index contributed by atoms with van der Waals surface area (Å²) in [5.41, 5.74) is 0. The highest BCUT2D eigenvalue weighted by Crippen LogP contribution is 2.35. The maximum atomic E-state index is 11.7. The van der Waals surface area contributed by atoms with Gasteiger partial charge in [0.05, 0.1) is 0 Å². The molecule has 0 aromatic rings. The van der Waals surface area contributed by atoms with E-state index in [2.05, 4.69) is 0 Å². The van der Waals surface area contributed by atoms with Crippen LogP contribution in [0.5, 0.6) is 0 Å².